The number of amides is 2. The van der Waals surface area contributed by atoms with Gasteiger partial charge in [0.25, 0.3) is 0 Å². The van der Waals surface area contributed by atoms with Crippen LogP contribution in [0.1, 0.15) is 19.4 Å². The fourth-order valence-corrected chi connectivity index (χ4v) is 3.76. The summed E-state index contributed by atoms with van der Waals surface area (Å²) in [5, 5.41) is 2.86. The van der Waals surface area contributed by atoms with Crippen molar-refractivity contribution < 1.29 is 21.8 Å². The number of anilines is 1. The molecule has 0 bridgehead atoms. The van der Waals surface area contributed by atoms with Crippen LogP contribution in [0.5, 0.6) is 5.75 Å². The molecular weight excluding hydrogens is 419 g/mol. The Labute approximate surface area is 181 Å². The van der Waals surface area contributed by atoms with Crippen molar-refractivity contribution >= 4 is 21.8 Å². The lowest BCUT2D eigenvalue weighted by atomic mass is 10.2. The van der Waals surface area contributed by atoms with Crippen LogP contribution in [0.4, 0.5) is 14.9 Å². The lowest BCUT2D eigenvalue weighted by molar-refractivity contribution is 0.193. The van der Waals surface area contributed by atoms with Crippen molar-refractivity contribution in [2.45, 2.75) is 31.3 Å². The average Bonchev–Trinajstić information content (AvgIpc) is 2.73. The number of benzene rings is 3. The van der Waals surface area contributed by atoms with Gasteiger partial charge in [-0.3, -0.25) is 0 Å². The zero-order chi connectivity index (χ0) is 22.4. The van der Waals surface area contributed by atoms with Gasteiger partial charge in [0.05, 0.1) is 0 Å². The highest BCUT2D eigenvalue weighted by atomic mass is 32.2. The summed E-state index contributed by atoms with van der Waals surface area (Å²) in [5.74, 6) is -0.410. The highest BCUT2D eigenvalue weighted by Crippen LogP contribution is 2.21. The van der Waals surface area contributed by atoms with Gasteiger partial charge < -0.3 is 14.4 Å². The second kappa shape index (κ2) is 9.61. The van der Waals surface area contributed by atoms with Gasteiger partial charge in [0, 0.05) is 18.3 Å². The molecule has 0 aromatic heterocycles. The Bertz CT molecular complexity index is 1120. The topological polar surface area (TPSA) is 75.7 Å². The van der Waals surface area contributed by atoms with Gasteiger partial charge in [-0.1, -0.05) is 30.3 Å². The van der Waals surface area contributed by atoms with E-state index in [1.165, 1.54) is 12.1 Å². The summed E-state index contributed by atoms with van der Waals surface area (Å²) >= 11 is 0. The van der Waals surface area contributed by atoms with Crippen LogP contribution in [0.25, 0.3) is 0 Å². The SMILES string of the molecule is CC(C)N(Cc1ccc(OS(=O)(=O)c2ccc(F)cc2)cc1)C(=O)Nc1ccccc1. The Morgan fingerprint density at radius 1 is 0.968 bits per heavy atom. The molecule has 0 fully saturated rings. The van der Waals surface area contributed by atoms with Crippen molar-refractivity contribution in [2.24, 2.45) is 0 Å². The predicted molar refractivity (Wildman–Crippen MR) is 117 cm³/mol. The molecular formula is C23H23FN2O4S. The Morgan fingerprint density at radius 2 is 1.58 bits per heavy atom. The zero-order valence-electron chi connectivity index (χ0n) is 17.2. The molecule has 0 aliphatic carbocycles. The van der Waals surface area contributed by atoms with Crippen molar-refractivity contribution in [3.63, 3.8) is 0 Å². The van der Waals surface area contributed by atoms with Gasteiger partial charge in [0.2, 0.25) is 0 Å². The second-order valence-electron chi connectivity index (χ2n) is 7.15. The number of nitrogens with one attached hydrogen (secondary N) is 1. The Balaban J connectivity index is 1.68. The molecule has 1 N–H and O–H groups in total. The van der Waals surface area contributed by atoms with Crippen LogP contribution >= 0.6 is 0 Å². The number of hydrogen-bond acceptors (Lipinski definition) is 4. The fourth-order valence-electron chi connectivity index (χ4n) is 2.83. The van der Waals surface area contributed by atoms with Gasteiger partial charge in [-0.25, -0.2) is 9.18 Å². The van der Waals surface area contributed by atoms with E-state index in [1.807, 2.05) is 44.2 Å². The number of carbonyl (C=O) groups excluding carboxylic acids is 1. The van der Waals surface area contributed by atoms with Crippen LogP contribution in [0.2, 0.25) is 0 Å². The first kappa shape index (κ1) is 22.3. The Hall–Kier alpha value is -3.39. The summed E-state index contributed by atoms with van der Waals surface area (Å²) in [5.41, 5.74) is 1.51. The molecule has 3 aromatic carbocycles. The number of urea groups is 1. The lowest BCUT2D eigenvalue weighted by Crippen LogP contribution is -2.39. The molecule has 6 nitrogen and oxygen atoms in total. The minimum atomic E-state index is -4.07. The van der Waals surface area contributed by atoms with Crippen LogP contribution in [-0.2, 0) is 16.7 Å². The third-order valence-electron chi connectivity index (χ3n) is 4.49. The number of hydrogen-bond donors (Lipinski definition) is 1. The Morgan fingerprint density at radius 3 is 2.16 bits per heavy atom. The monoisotopic (exact) mass is 442 g/mol. The number of halogens is 1. The molecule has 0 saturated carbocycles. The van der Waals surface area contributed by atoms with E-state index in [0.29, 0.717) is 12.2 Å². The van der Waals surface area contributed by atoms with Gasteiger partial charge in [0.15, 0.2) is 0 Å². The van der Waals surface area contributed by atoms with Crippen molar-refractivity contribution in [3.05, 3.63) is 90.2 Å². The number of nitrogens with zero attached hydrogens (tertiary/aromatic N) is 1. The van der Waals surface area contributed by atoms with Crippen LogP contribution in [0.15, 0.2) is 83.8 Å². The molecule has 0 unspecified atom stereocenters. The van der Waals surface area contributed by atoms with Gasteiger partial charge >= 0.3 is 16.1 Å². The quantitative estimate of drug-likeness (QED) is 0.521. The minimum absolute atomic E-state index is 0.0570. The molecule has 3 aromatic rings. The third kappa shape index (κ3) is 6.05. The minimum Gasteiger partial charge on any atom is -0.379 e. The second-order valence-corrected chi connectivity index (χ2v) is 8.70. The summed E-state index contributed by atoms with van der Waals surface area (Å²) in [6.45, 7) is 4.16. The predicted octanol–water partition coefficient (Wildman–Crippen LogP) is 5.04. The van der Waals surface area contributed by atoms with Crippen LogP contribution in [0, 0.1) is 5.82 Å². The molecule has 0 atom stereocenters. The molecule has 0 heterocycles. The molecule has 0 saturated heterocycles. The van der Waals surface area contributed by atoms with E-state index in [-0.39, 0.29) is 22.7 Å². The van der Waals surface area contributed by atoms with Gasteiger partial charge in [-0.05, 0) is 67.9 Å². The van der Waals surface area contributed by atoms with E-state index in [9.17, 15) is 17.6 Å². The smallest absolute Gasteiger partial charge is 0.339 e. The summed E-state index contributed by atoms with van der Waals surface area (Å²) in [6.07, 6.45) is 0. The fraction of sp³-hybridized carbons (Fsp3) is 0.174. The molecule has 0 radical (unpaired) electrons. The molecule has 0 spiro atoms. The van der Waals surface area contributed by atoms with Gasteiger partial charge in [-0.2, -0.15) is 8.42 Å². The molecule has 8 heteroatoms. The average molecular weight is 443 g/mol. The van der Waals surface area contributed by atoms with E-state index >= 15 is 0 Å². The van der Waals surface area contributed by atoms with E-state index < -0.39 is 15.9 Å². The van der Waals surface area contributed by atoms with Crippen molar-refractivity contribution in [1.82, 2.24) is 4.90 Å². The van der Waals surface area contributed by atoms with E-state index in [0.717, 1.165) is 29.8 Å². The van der Waals surface area contributed by atoms with Crippen molar-refractivity contribution in [2.75, 3.05) is 5.32 Å². The number of rotatable bonds is 7. The summed E-state index contributed by atoms with van der Waals surface area (Å²) < 4.78 is 42.8. The summed E-state index contributed by atoms with van der Waals surface area (Å²) in [6, 6.07) is 19.7. The molecule has 3 rings (SSSR count). The van der Waals surface area contributed by atoms with Crippen LogP contribution in [0.3, 0.4) is 0 Å². The lowest BCUT2D eigenvalue weighted by Gasteiger charge is -2.27. The van der Waals surface area contributed by atoms with E-state index in [2.05, 4.69) is 5.32 Å². The standard InChI is InChI=1S/C23H23FN2O4S/c1-17(2)26(23(27)25-20-6-4-3-5-7-20)16-18-8-12-21(13-9-18)30-31(28,29)22-14-10-19(24)11-15-22/h3-15,17H,16H2,1-2H3,(H,25,27). The third-order valence-corrected chi connectivity index (χ3v) is 5.76. The van der Waals surface area contributed by atoms with E-state index in [1.54, 1.807) is 17.0 Å². The maximum Gasteiger partial charge on any atom is 0.339 e. The first-order valence-corrected chi connectivity index (χ1v) is 11.1. The normalized spacial score (nSPS) is 11.2. The number of carbonyl (C=O) groups is 1. The highest BCUT2D eigenvalue weighted by Gasteiger charge is 2.19. The summed E-state index contributed by atoms with van der Waals surface area (Å²) in [4.78, 5) is 14.2. The van der Waals surface area contributed by atoms with Crippen LogP contribution < -0.4 is 9.50 Å². The molecule has 0 aliphatic rings. The van der Waals surface area contributed by atoms with E-state index in [4.69, 9.17) is 4.18 Å². The first-order valence-electron chi connectivity index (χ1n) is 9.66. The zero-order valence-corrected chi connectivity index (χ0v) is 18.0. The summed E-state index contributed by atoms with van der Waals surface area (Å²) in [7, 11) is -4.07. The van der Waals surface area contributed by atoms with Crippen molar-refractivity contribution in [3.8, 4) is 5.75 Å². The van der Waals surface area contributed by atoms with Crippen molar-refractivity contribution in [1.29, 1.82) is 0 Å². The largest absolute Gasteiger partial charge is 0.379 e. The number of para-hydroxylation sites is 1. The van der Waals surface area contributed by atoms with Gasteiger partial charge in [0.1, 0.15) is 16.5 Å². The molecule has 31 heavy (non-hydrogen) atoms. The van der Waals surface area contributed by atoms with Crippen LogP contribution in [-0.4, -0.2) is 25.4 Å². The Kier molecular flexibility index (Phi) is 6.91. The molecule has 162 valence electrons. The first-order chi connectivity index (χ1) is 14.7. The van der Waals surface area contributed by atoms with Gasteiger partial charge in [-0.15, -0.1) is 0 Å². The molecule has 2 amide bonds. The maximum atomic E-state index is 13.0. The maximum absolute atomic E-state index is 13.0. The molecule has 0 aliphatic heterocycles. The highest BCUT2D eigenvalue weighted by molar-refractivity contribution is 7.87.